The number of thiocarbonyl (C=S) groups is 1. The van der Waals surface area contributed by atoms with E-state index in [2.05, 4.69) is 0 Å². The number of carboxylic acid groups (broad SMARTS) is 1. The summed E-state index contributed by atoms with van der Waals surface area (Å²) in [6.07, 6.45) is 2.15. The van der Waals surface area contributed by atoms with Crippen LogP contribution in [-0.2, 0) is 9.59 Å². The minimum atomic E-state index is -0.883. The molecule has 2 aromatic carbocycles. The van der Waals surface area contributed by atoms with Crippen molar-refractivity contribution in [2.24, 2.45) is 0 Å². The highest BCUT2D eigenvalue weighted by Crippen LogP contribution is 2.33. The number of carboxylic acids is 1. The summed E-state index contributed by atoms with van der Waals surface area (Å²) >= 11 is 6.48. The summed E-state index contributed by atoms with van der Waals surface area (Å²) in [7, 11) is 0. The quantitative estimate of drug-likeness (QED) is 0.544. The number of hydrogen-bond donors (Lipinski definition) is 1. The number of para-hydroxylation sites is 1. The molecule has 5 nitrogen and oxygen atoms in total. The third-order valence-electron chi connectivity index (χ3n) is 3.78. The number of aliphatic carboxylic acids is 1. The van der Waals surface area contributed by atoms with Gasteiger partial charge in [-0.15, -0.1) is 0 Å². The second-order valence-corrected chi connectivity index (χ2v) is 7.49. The molecular weight excluding hydrogens is 382 g/mol. The number of hydrogen-bond acceptors (Lipinski definition) is 5. The highest BCUT2D eigenvalue weighted by atomic mass is 32.2. The molecule has 1 aliphatic heterocycles. The monoisotopic (exact) mass is 399 g/mol. The number of benzene rings is 2. The molecule has 3 rings (SSSR count). The molecule has 2 aromatic rings. The predicted molar refractivity (Wildman–Crippen MR) is 110 cm³/mol. The largest absolute Gasteiger partial charge is 0.481 e. The first kappa shape index (κ1) is 19.1. The Labute approximate surface area is 166 Å². The van der Waals surface area contributed by atoms with E-state index < -0.39 is 5.97 Å². The van der Waals surface area contributed by atoms with Crippen LogP contribution in [0, 0.1) is 0 Å². The van der Waals surface area contributed by atoms with Crippen molar-refractivity contribution < 1.29 is 19.4 Å². The Morgan fingerprint density at radius 1 is 1.15 bits per heavy atom. The first-order valence-corrected chi connectivity index (χ1v) is 9.55. The van der Waals surface area contributed by atoms with Gasteiger partial charge in [0.05, 0.1) is 4.91 Å². The number of ether oxygens (including phenoxy) is 1. The molecule has 0 aliphatic carbocycles. The highest BCUT2D eigenvalue weighted by molar-refractivity contribution is 8.26. The van der Waals surface area contributed by atoms with Crippen molar-refractivity contribution in [2.45, 2.75) is 12.8 Å². The Hall–Kier alpha value is -2.64. The fraction of sp³-hybridized carbons (Fsp3) is 0.150. The van der Waals surface area contributed by atoms with Crippen LogP contribution in [0.25, 0.3) is 6.08 Å². The molecule has 1 saturated heterocycles. The van der Waals surface area contributed by atoms with Crippen LogP contribution in [0.15, 0.2) is 59.5 Å². The number of carbonyl (C=O) groups is 2. The number of nitrogens with zero attached hydrogens (tertiary/aromatic N) is 1. The second-order valence-electron chi connectivity index (χ2n) is 5.82. The molecule has 7 heteroatoms. The maximum Gasteiger partial charge on any atom is 0.303 e. The van der Waals surface area contributed by atoms with Crippen LogP contribution in [0.2, 0.25) is 0 Å². The second kappa shape index (κ2) is 8.83. The van der Waals surface area contributed by atoms with Gasteiger partial charge in [0.1, 0.15) is 15.8 Å². The molecule has 0 spiro atoms. The van der Waals surface area contributed by atoms with E-state index in [-0.39, 0.29) is 12.3 Å². The molecule has 0 atom stereocenters. The molecule has 0 saturated carbocycles. The van der Waals surface area contributed by atoms with Gasteiger partial charge in [0.2, 0.25) is 0 Å². The van der Waals surface area contributed by atoms with Crippen molar-refractivity contribution in [3.05, 3.63) is 65.1 Å². The smallest absolute Gasteiger partial charge is 0.303 e. The average molecular weight is 399 g/mol. The number of carbonyl (C=O) groups excluding carboxylic acids is 1. The van der Waals surface area contributed by atoms with Gasteiger partial charge < -0.3 is 9.84 Å². The van der Waals surface area contributed by atoms with Crippen molar-refractivity contribution in [2.75, 3.05) is 6.54 Å². The van der Waals surface area contributed by atoms with Crippen LogP contribution in [0.5, 0.6) is 11.5 Å². The summed E-state index contributed by atoms with van der Waals surface area (Å²) in [5.74, 6) is 0.335. The standard InChI is InChI=1S/C20H17NO4S2/c22-18(23)10-5-11-21-19(24)17(27-20(21)26)13-14-6-4-9-16(12-14)25-15-7-2-1-3-8-15/h1-4,6-9,12-13H,5,10-11H2,(H,22,23). The summed E-state index contributed by atoms with van der Waals surface area (Å²) in [6, 6.07) is 16.9. The van der Waals surface area contributed by atoms with Gasteiger partial charge in [0.15, 0.2) is 0 Å². The average Bonchev–Trinajstić information content (AvgIpc) is 2.90. The number of thioether (sulfide) groups is 1. The van der Waals surface area contributed by atoms with E-state index in [1.54, 1.807) is 6.08 Å². The van der Waals surface area contributed by atoms with Crippen molar-refractivity contribution in [3.8, 4) is 11.5 Å². The van der Waals surface area contributed by atoms with Crippen LogP contribution >= 0.6 is 24.0 Å². The topological polar surface area (TPSA) is 66.8 Å². The normalized spacial score (nSPS) is 15.4. The van der Waals surface area contributed by atoms with Crippen LogP contribution in [-0.4, -0.2) is 32.7 Å². The molecule has 1 aliphatic rings. The van der Waals surface area contributed by atoms with Gasteiger partial charge >= 0.3 is 5.97 Å². The first-order chi connectivity index (χ1) is 13.0. The molecule has 0 unspecified atom stereocenters. The van der Waals surface area contributed by atoms with Crippen molar-refractivity contribution in [1.29, 1.82) is 0 Å². The zero-order valence-corrected chi connectivity index (χ0v) is 16.0. The lowest BCUT2D eigenvalue weighted by Crippen LogP contribution is -2.29. The zero-order valence-electron chi connectivity index (χ0n) is 14.3. The fourth-order valence-electron chi connectivity index (χ4n) is 2.52. The maximum absolute atomic E-state index is 12.5. The number of rotatable bonds is 7. The van der Waals surface area contributed by atoms with Gasteiger partial charge in [0, 0.05) is 13.0 Å². The van der Waals surface area contributed by atoms with E-state index >= 15 is 0 Å². The molecule has 0 bridgehead atoms. The zero-order chi connectivity index (χ0) is 19.2. The first-order valence-electron chi connectivity index (χ1n) is 8.33. The fourth-order valence-corrected chi connectivity index (χ4v) is 3.83. The Kier molecular flexibility index (Phi) is 6.26. The lowest BCUT2D eigenvalue weighted by atomic mass is 10.2. The maximum atomic E-state index is 12.5. The van der Waals surface area contributed by atoms with Crippen molar-refractivity contribution in [3.63, 3.8) is 0 Å². The van der Waals surface area contributed by atoms with E-state index in [0.717, 1.165) is 11.3 Å². The third kappa shape index (κ3) is 5.18. The highest BCUT2D eigenvalue weighted by Gasteiger charge is 2.31. The van der Waals surface area contributed by atoms with Gasteiger partial charge in [-0.3, -0.25) is 14.5 Å². The van der Waals surface area contributed by atoms with E-state index in [1.165, 1.54) is 16.7 Å². The Morgan fingerprint density at radius 3 is 2.63 bits per heavy atom. The van der Waals surface area contributed by atoms with Crippen LogP contribution in [0.3, 0.4) is 0 Å². The molecular formula is C20H17NO4S2. The molecule has 27 heavy (non-hydrogen) atoms. The van der Waals surface area contributed by atoms with Gasteiger partial charge in [-0.25, -0.2) is 0 Å². The van der Waals surface area contributed by atoms with E-state index in [0.29, 0.717) is 27.9 Å². The lowest BCUT2D eigenvalue weighted by Gasteiger charge is -2.13. The van der Waals surface area contributed by atoms with Crippen molar-refractivity contribution >= 4 is 46.3 Å². The van der Waals surface area contributed by atoms with Gasteiger partial charge in [-0.2, -0.15) is 0 Å². The predicted octanol–water partition coefficient (Wildman–Crippen LogP) is 4.54. The minimum absolute atomic E-state index is 0.00891. The molecule has 0 aromatic heterocycles. The van der Waals surface area contributed by atoms with Crippen molar-refractivity contribution in [1.82, 2.24) is 4.90 Å². The summed E-state index contributed by atoms with van der Waals surface area (Å²) in [5.41, 5.74) is 0.828. The Bertz CT molecular complexity index is 896. The van der Waals surface area contributed by atoms with Crippen LogP contribution in [0.4, 0.5) is 0 Å². The molecule has 1 fully saturated rings. The molecule has 138 valence electrons. The van der Waals surface area contributed by atoms with Gasteiger partial charge in [-0.05, 0) is 42.3 Å². The molecule has 1 amide bonds. The van der Waals surface area contributed by atoms with Gasteiger partial charge in [-0.1, -0.05) is 54.3 Å². The number of amides is 1. The van der Waals surface area contributed by atoms with Crippen LogP contribution in [0.1, 0.15) is 18.4 Å². The summed E-state index contributed by atoms with van der Waals surface area (Å²) < 4.78 is 6.27. The molecule has 0 radical (unpaired) electrons. The van der Waals surface area contributed by atoms with E-state index in [9.17, 15) is 9.59 Å². The van der Waals surface area contributed by atoms with E-state index in [4.69, 9.17) is 22.1 Å². The summed E-state index contributed by atoms with van der Waals surface area (Å²) in [5, 5.41) is 8.73. The van der Waals surface area contributed by atoms with E-state index in [1.807, 2.05) is 54.6 Å². The van der Waals surface area contributed by atoms with Crippen LogP contribution < -0.4 is 4.74 Å². The SMILES string of the molecule is O=C(O)CCCN1C(=O)C(=Cc2cccc(Oc3ccccc3)c2)SC1=S. The third-order valence-corrected chi connectivity index (χ3v) is 5.16. The Balaban J connectivity index is 1.71. The summed E-state index contributed by atoms with van der Waals surface area (Å²) in [4.78, 5) is 25.2. The Morgan fingerprint density at radius 2 is 1.89 bits per heavy atom. The van der Waals surface area contributed by atoms with Gasteiger partial charge in [0.25, 0.3) is 5.91 Å². The minimum Gasteiger partial charge on any atom is -0.481 e. The molecule has 1 N–H and O–H groups in total. The molecule has 1 heterocycles. The lowest BCUT2D eigenvalue weighted by molar-refractivity contribution is -0.137. The summed E-state index contributed by atoms with van der Waals surface area (Å²) in [6.45, 7) is 0.311.